The van der Waals surface area contributed by atoms with E-state index in [-0.39, 0.29) is 12.8 Å². The number of ether oxygens (including phenoxy) is 3. The summed E-state index contributed by atoms with van der Waals surface area (Å²) in [6, 6.07) is 1.66. The van der Waals surface area contributed by atoms with E-state index in [1.165, 1.54) is 20.3 Å². The van der Waals surface area contributed by atoms with E-state index in [2.05, 4.69) is 0 Å². The van der Waals surface area contributed by atoms with Crippen molar-refractivity contribution in [2.24, 2.45) is 23.2 Å². The van der Waals surface area contributed by atoms with Gasteiger partial charge in [0, 0.05) is 31.2 Å². The van der Waals surface area contributed by atoms with Gasteiger partial charge in [-0.05, 0) is 24.8 Å². The SMILES string of the molecule is COC(=O)[C@@H]1c2ccoc2C[C@H]2[C@@H]1[C@@H](OC(C)=O)[C@H](O)[C@]1(O[C@@H](O)C[C@@H]1C)[C@]2(C)C=O. The number of aliphatic hydroxyl groups is 2. The molecular weight excluding hydrogens is 408 g/mol. The summed E-state index contributed by atoms with van der Waals surface area (Å²) in [5, 5.41) is 21.9. The number of rotatable bonds is 3. The molecule has 1 saturated heterocycles. The molecular formula is C22H28O9. The second-order valence-corrected chi connectivity index (χ2v) is 9.11. The third kappa shape index (κ3) is 2.83. The Bertz CT molecular complexity index is 893. The van der Waals surface area contributed by atoms with Crippen molar-refractivity contribution in [2.45, 2.75) is 63.6 Å². The average Bonchev–Trinajstić information content (AvgIpc) is 3.31. The van der Waals surface area contributed by atoms with Crippen LogP contribution in [0, 0.1) is 23.2 Å². The Morgan fingerprint density at radius 2 is 2.03 bits per heavy atom. The minimum atomic E-state index is -1.51. The Morgan fingerprint density at radius 3 is 2.58 bits per heavy atom. The van der Waals surface area contributed by atoms with Gasteiger partial charge in [0.1, 0.15) is 29.9 Å². The zero-order valence-corrected chi connectivity index (χ0v) is 17.9. The number of fused-ring (bicyclic) bond motifs is 2. The molecule has 0 bridgehead atoms. The number of hydrogen-bond acceptors (Lipinski definition) is 9. The van der Waals surface area contributed by atoms with Crippen molar-refractivity contribution in [1.82, 2.24) is 0 Å². The summed E-state index contributed by atoms with van der Waals surface area (Å²) in [6.07, 6.45) is -1.13. The van der Waals surface area contributed by atoms with Gasteiger partial charge in [0.25, 0.3) is 0 Å². The smallest absolute Gasteiger partial charge is 0.313 e. The summed E-state index contributed by atoms with van der Waals surface area (Å²) in [5.41, 5.74) is -2.25. The molecule has 0 amide bonds. The maximum atomic E-state index is 12.9. The van der Waals surface area contributed by atoms with Crippen LogP contribution < -0.4 is 0 Å². The van der Waals surface area contributed by atoms with Crippen LogP contribution in [0.25, 0.3) is 0 Å². The lowest BCUT2D eigenvalue weighted by Gasteiger charge is -2.61. The van der Waals surface area contributed by atoms with Crippen molar-refractivity contribution in [3.05, 3.63) is 23.7 Å². The minimum Gasteiger partial charge on any atom is -0.469 e. The number of hydrogen-bond donors (Lipinski definition) is 2. The topological polar surface area (TPSA) is 133 Å². The third-order valence-corrected chi connectivity index (χ3v) is 7.73. The van der Waals surface area contributed by atoms with Gasteiger partial charge in [-0.2, -0.15) is 0 Å². The number of furan rings is 1. The van der Waals surface area contributed by atoms with Crippen LogP contribution >= 0.6 is 0 Å². The van der Waals surface area contributed by atoms with Crippen molar-refractivity contribution in [2.75, 3.05) is 7.11 Å². The number of esters is 2. The molecule has 1 aromatic rings. The minimum absolute atomic E-state index is 0.205. The van der Waals surface area contributed by atoms with Gasteiger partial charge >= 0.3 is 11.9 Å². The summed E-state index contributed by atoms with van der Waals surface area (Å²) >= 11 is 0. The summed E-state index contributed by atoms with van der Waals surface area (Å²) in [5.74, 6) is -3.37. The highest BCUT2D eigenvalue weighted by molar-refractivity contribution is 5.80. The highest BCUT2D eigenvalue weighted by Gasteiger charge is 2.73. The van der Waals surface area contributed by atoms with Crippen molar-refractivity contribution in [3.8, 4) is 0 Å². The van der Waals surface area contributed by atoms with Gasteiger partial charge in [0.15, 0.2) is 6.29 Å². The molecule has 9 atom stereocenters. The summed E-state index contributed by atoms with van der Waals surface area (Å²) in [7, 11) is 1.25. The zero-order chi connectivity index (χ0) is 22.7. The predicted octanol–water partition coefficient (Wildman–Crippen LogP) is 0.950. The monoisotopic (exact) mass is 436 g/mol. The van der Waals surface area contributed by atoms with Crippen LogP contribution in [0.3, 0.4) is 0 Å². The van der Waals surface area contributed by atoms with E-state index in [1.807, 2.05) is 0 Å². The maximum absolute atomic E-state index is 12.9. The second kappa shape index (κ2) is 7.43. The molecule has 1 saturated carbocycles. The Labute approximate surface area is 179 Å². The zero-order valence-electron chi connectivity index (χ0n) is 17.9. The molecule has 9 nitrogen and oxygen atoms in total. The molecule has 2 N–H and O–H groups in total. The molecule has 170 valence electrons. The van der Waals surface area contributed by atoms with Crippen LogP contribution in [0.5, 0.6) is 0 Å². The molecule has 2 aliphatic carbocycles. The van der Waals surface area contributed by atoms with Gasteiger partial charge < -0.3 is 33.6 Å². The molecule has 0 radical (unpaired) electrons. The van der Waals surface area contributed by atoms with Gasteiger partial charge in [-0.15, -0.1) is 0 Å². The Hall–Kier alpha value is -2.23. The van der Waals surface area contributed by atoms with Crippen LogP contribution in [0.1, 0.15) is 44.4 Å². The fraction of sp³-hybridized carbons (Fsp3) is 0.682. The van der Waals surface area contributed by atoms with Crippen LogP contribution in [0.15, 0.2) is 16.7 Å². The lowest BCUT2D eigenvalue weighted by molar-refractivity contribution is -0.291. The molecule has 2 heterocycles. The van der Waals surface area contributed by atoms with Crippen molar-refractivity contribution in [3.63, 3.8) is 0 Å². The van der Waals surface area contributed by atoms with Crippen molar-refractivity contribution < 1.29 is 43.2 Å². The van der Waals surface area contributed by atoms with E-state index in [4.69, 9.17) is 18.6 Å². The fourth-order valence-electron chi connectivity index (χ4n) is 6.47. The Kier molecular flexibility index (Phi) is 5.27. The molecule has 9 heteroatoms. The number of aldehydes is 1. The van der Waals surface area contributed by atoms with Gasteiger partial charge in [-0.1, -0.05) is 6.92 Å². The highest BCUT2D eigenvalue weighted by Crippen LogP contribution is 2.63. The lowest BCUT2D eigenvalue weighted by Crippen LogP contribution is -2.73. The van der Waals surface area contributed by atoms with Crippen LogP contribution in [-0.4, -0.2) is 59.6 Å². The van der Waals surface area contributed by atoms with E-state index in [1.54, 1.807) is 19.9 Å². The highest BCUT2D eigenvalue weighted by atomic mass is 16.6. The van der Waals surface area contributed by atoms with Crippen molar-refractivity contribution >= 4 is 18.2 Å². The van der Waals surface area contributed by atoms with E-state index < -0.39 is 65.1 Å². The molecule has 1 spiro atoms. The Morgan fingerprint density at radius 1 is 1.32 bits per heavy atom. The number of aliphatic hydroxyl groups excluding tert-OH is 2. The van der Waals surface area contributed by atoms with Gasteiger partial charge in [-0.25, -0.2) is 0 Å². The average molecular weight is 436 g/mol. The quantitative estimate of drug-likeness (QED) is 0.525. The van der Waals surface area contributed by atoms with Crippen LogP contribution in [0.2, 0.25) is 0 Å². The first-order valence-corrected chi connectivity index (χ1v) is 10.4. The second-order valence-electron chi connectivity index (χ2n) is 9.11. The van der Waals surface area contributed by atoms with Crippen LogP contribution in [-0.2, 0) is 35.0 Å². The van der Waals surface area contributed by atoms with E-state index in [0.29, 0.717) is 11.3 Å². The standard InChI is InChI=1S/C22H28O9/c1-10-7-15(25)31-22(10)19(26)18(30-11(2)24)17-13(21(22,3)9-23)8-14-12(5-6-29-14)16(17)20(27)28-4/h5-6,9-10,13,15-19,25-26H,7-8H2,1-4H3/t10-,13-,15+,16+,17-,18+,19-,21+,22-/m0/s1. The maximum Gasteiger partial charge on any atom is 0.313 e. The molecule has 4 rings (SSSR count). The largest absolute Gasteiger partial charge is 0.469 e. The molecule has 2 fully saturated rings. The first-order valence-electron chi connectivity index (χ1n) is 10.4. The number of carbonyl (C=O) groups is 3. The first-order chi connectivity index (χ1) is 14.6. The number of carbonyl (C=O) groups excluding carboxylic acids is 3. The Balaban J connectivity index is 1.96. The molecule has 1 aromatic heterocycles. The van der Waals surface area contributed by atoms with Crippen molar-refractivity contribution in [1.29, 1.82) is 0 Å². The molecule has 3 aliphatic rings. The first kappa shape index (κ1) is 22.0. The molecule has 1 aliphatic heterocycles. The number of methoxy groups -OCH3 is 1. The predicted molar refractivity (Wildman–Crippen MR) is 103 cm³/mol. The van der Waals surface area contributed by atoms with E-state index in [9.17, 15) is 24.6 Å². The van der Waals surface area contributed by atoms with Gasteiger partial charge in [0.05, 0.1) is 24.7 Å². The van der Waals surface area contributed by atoms with Crippen LogP contribution in [0.4, 0.5) is 0 Å². The van der Waals surface area contributed by atoms with E-state index in [0.717, 1.165) is 6.29 Å². The molecule has 0 aromatic carbocycles. The fourth-order valence-corrected chi connectivity index (χ4v) is 6.47. The van der Waals surface area contributed by atoms with Gasteiger partial charge in [-0.3, -0.25) is 9.59 Å². The lowest BCUT2D eigenvalue weighted by atomic mass is 9.46. The molecule has 0 unspecified atom stereocenters. The summed E-state index contributed by atoms with van der Waals surface area (Å²) < 4.78 is 22.2. The van der Waals surface area contributed by atoms with Gasteiger partial charge in [0.2, 0.25) is 0 Å². The molecule has 31 heavy (non-hydrogen) atoms. The summed E-state index contributed by atoms with van der Waals surface area (Å²) in [4.78, 5) is 37.6. The third-order valence-electron chi connectivity index (χ3n) is 7.73. The normalized spacial score (nSPS) is 43.7. The van der Waals surface area contributed by atoms with E-state index >= 15 is 0 Å². The summed E-state index contributed by atoms with van der Waals surface area (Å²) in [6.45, 7) is 4.67.